The maximum absolute atomic E-state index is 12.4. The second-order valence-corrected chi connectivity index (χ2v) is 7.12. The zero-order valence-electron chi connectivity index (χ0n) is 14.5. The third-order valence-corrected chi connectivity index (χ3v) is 4.41. The highest BCUT2D eigenvalue weighted by atomic mass is 16.2. The fourth-order valence-corrected chi connectivity index (χ4v) is 2.58. The summed E-state index contributed by atoms with van der Waals surface area (Å²) >= 11 is 0. The van der Waals surface area contributed by atoms with E-state index in [1.807, 2.05) is 4.90 Å². The van der Waals surface area contributed by atoms with Gasteiger partial charge in [0.2, 0.25) is 5.91 Å². The van der Waals surface area contributed by atoms with Crippen molar-refractivity contribution in [3.05, 3.63) is 0 Å². The van der Waals surface area contributed by atoms with Crippen LogP contribution >= 0.6 is 0 Å². The number of amides is 1. The average Bonchev–Trinajstić information content (AvgIpc) is 2.38. The Morgan fingerprint density at radius 1 is 1.20 bits per heavy atom. The Morgan fingerprint density at radius 3 is 2.20 bits per heavy atom. The molecule has 2 atom stereocenters. The number of nitrogens with zero attached hydrogens (tertiary/aromatic N) is 1. The largest absolute Gasteiger partial charge is 0.343 e. The molecular formula is C17H36N2O. The number of rotatable bonds is 9. The Labute approximate surface area is 126 Å². The Balaban J connectivity index is 4.41. The van der Waals surface area contributed by atoms with Gasteiger partial charge in [0.25, 0.3) is 0 Å². The van der Waals surface area contributed by atoms with E-state index in [2.05, 4.69) is 41.5 Å². The standard InChI is InChI=1S/C17H36N2O/c1-7-14(3)13-19(8-2)16(20)10-9-15(11-12-18)17(4,5)6/h14-15H,7-13,18H2,1-6H3. The van der Waals surface area contributed by atoms with Crippen LogP contribution in [0.1, 0.15) is 67.2 Å². The molecule has 0 aromatic heterocycles. The van der Waals surface area contributed by atoms with Crippen molar-refractivity contribution >= 4 is 5.91 Å². The molecule has 20 heavy (non-hydrogen) atoms. The molecule has 0 aliphatic rings. The van der Waals surface area contributed by atoms with Gasteiger partial charge >= 0.3 is 0 Å². The minimum atomic E-state index is 0.230. The highest BCUT2D eigenvalue weighted by Crippen LogP contribution is 2.32. The van der Waals surface area contributed by atoms with Crippen LogP contribution in [0.2, 0.25) is 0 Å². The van der Waals surface area contributed by atoms with Gasteiger partial charge in [-0.05, 0) is 43.6 Å². The number of hydrogen-bond donors (Lipinski definition) is 1. The van der Waals surface area contributed by atoms with Crippen LogP contribution in [0.3, 0.4) is 0 Å². The van der Waals surface area contributed by atoms with Gasteiger partial charge in [-0.15, -0.1) is 0 Å². The van der Waals surface area contributed by atoms with E-state index in [0.29, 0.717) is 30.7 Å². The lowest BCUT2D eigenvalue weighted by molar-refractivity contribution is -0.132. The minimum Gasteiger partial charge on any atom is -0.343 e. The molecule has 0 bridgehead atoms. The van der Waals surface area contributed by atoms with Crippen molar-refractivity contribution in [3.63, 3.8) is 0 Å². The van der Waals surface area contributed by atoms with E-state index < -0.39 is 0 Å². The molecule has 0 heterocycles. The molecule has 1 amide bonds. The van der Waals surface area contributed by atoms with Crippen LogP contribution < -0.4 is 5.73 Å². The summed E-state index contributed by atoms with van der Waals surface area (Å²) in [6.45, 7) is 15.6. The fraction of sp³-hybridized carbons (Fsp3) is 0.941. The van der Waals surface area contributed by atoms with E-state index in [-0.39, 0.29) is 5.41 Å². The fourth-order valence-electron chi connectivity index (χ4n) is 2.58. The molecule has 3 nitrogen and oxygen atoms in total. The van der Waals surface area contributed by atoms with Gasteiger partial charge in [-0.2, -0.15) is 0 Å². The molecule has 0 aromatic rings. The summed E-state index contributed by atoms with van der Waals surface area (Å²) in [5.74, 6) is 1.42. The monoisotopic (exact) mass is 284 g/mol. The van der Waals surface area contributed by atoms with Crippen LogP contribution in [-0.4, -0.2) is 30.4 Å². The lowest BCUT2D eigenvalue weighted by atomic mass is 9.76. The van der Waals surface area contributed by atoms with Gasteiger partial charge in [-0.1, -0.05) is 41.0 Å². The van der Waals surface area contributed by atoms with Gasteiger partial charge < -0.3 is 10.6 Å². The number of nitrogens with two attached hydrogens (primary N) is 1. The van der Waals surface area contributed by atoms with Gasteiger partial charge in [-0.3, -0.25) is 4.79 Å². The number of carbonyl (C=O) groups is 1. The van der Waals surface area contributed by atoms with Crippen LogP contribution in [0, 0.1) is 17.3 Å². The molecule has 0 radical (unpaired) electrons. The maximum Gasteiger partial charge on any atom is 0.222 e. The predicted octanol–water partition coefficient (Wildman–Crippen LogP) is 3.67. The van der Waals surface area contributed by atoms with Crippen molar-refractivity contribution in [2.45, 2.75) is 67.2 Å². The van der Waals surface area contributed by atoms with E-state index in [1.54, 1.807) is 0 Å². The summed E-state index contributed by atoms with van der Waals surface area (Å²) in [5.41, 5.74) is 5.94. The molecule has 0 saturated heterocycles. The molecular weight excluding hydrogens is 248 g/mol. The first-order valence-electron chi connectivity index (χ1n) is 8.24. The van der Waals surface area contributed by atoms with Crippen LogP contribution in [0.25, 0.3) is 0 Å². The van der Waals surface area contributed by atoms with Crippen LogP contribution in [0.15, 0.2) is 0 Å². The lowest BCUT2D eigenvalue weighted by Gasteiger charge is -2.31. The van der Waals surface area contributed by atoms with Crippen molar-refractivity contribution in [2.24, 2.45) is 23.0 Å². The summed E-state index contributed by atoms with van der Waals surface area (Å²) < 4.78 is 0. The van der Waals surface area contributed by atoms with Crippen molar-refractivity contribution in [1.82, 2.24) is 4.90 Å². The van der Waals surface area contributed by atoms with E-state index in [4.69, 9.17) is 5.73 Å². The molecule has 2 unspecified atom stereocenters. The second kappa shape index (κ2) is 9.38. The maximum atomic E-state index is 12.4. The van der Waals surface area contributed by atoms with E-state index in [1.165, 1.54) is 0 Å². The van der Waals surface area contributed by atoms with Gasteiger partial charge in [0.1, 0.15) is 0 Å². The second-order valence-electron chi connectivity index (χ2n) is 7.12. The third-order valence-electron chi connectivity index (χ3n) is 4.41. The first-order chi connectivity index (χ1) is 9.26. The highest BCUT2D eigenvalue weighted by molar-refractivity contribution is 5.76. The summed E-state index contributed by atoms with van der Waals surface area (Å²) in [4.78, 5) is 14.4. The molecule has 0 aromatic carbocycles. The normalized spacial score (nSPS) is 14.9. The highest BCUT2D eigenvalue weighted by Gasteiger charge is 2.25. The molecule has 120 valence electrons. The van der Waals surface area contributed by atoms with E-state index in [0.717, 1.165) is 32.4 Å². The predicted molar refractivity (Wildman–Crippen MR) is 87.6 cm³/mol. The summed E-state index contributed by atoms with van der Waals surface area (Å²) in [6, 6.07) is 0. The van der Waals surface area contributed by atoms with E-state index in [9.17, 15) is 4.79 Å². The molecule has 3 heteroatoms. The molecule has 0 aliphatic heterocycles. The Bertz CT molecular complexity index is 271. The van der Waals surface area contributed by atoms with Crippen molar-refractivity contribution in [1.29, 1.82) is 0 Å². The summed E-state index contributed by atoms with van der Waals surface area (Å²) in [6.07, 6.45) is 3.75. The Morgan fingerprint density at radius 2 is 1.80 bits per heavy atom. The van der Waals surface area contributed by atoms with Crippen LogP contribution in [-0.2, 0) is 4.79 Å². The average molecular weight is 284 g/mol. The summed E-state index contributed by atoms with van der Waals surface area (Å²) in [7, 11) is 0. The molecule has 0 spiro atoms. The van der Waals surface area contributed by atoms with Crippen molar-refractivity contribution in [2.75, 3.05) is 19.6 Å². The Hall–Kier alpha value is -0.570. The molecule has 0 aliphatic carbocycles. The lowest BCUT2D eigenvalue weighted by Crippen LogP contribution is -2.35. The van der Waals surface area contributed by atoms with Gasteiger partial charge in [0.05, 0.1) is 0 Å². The third kappa shape index (κ3) is 7.28. The molecule has 0 rings (SSSR count). The SMILES string of the molecule is CCC(C)CN(CC)C(=O)CCC(CCN)C(C)(C)C. The zero-order chi connectivity index (χ0) is 15.8. The number of hydrogen-bond acceptors (Lipinski definition) is 2. The van der Waals surface area contributed by atoms with Crippen molar-refractivity contribution in [3.8, 4) is 0 Å². The zero-order valence-corrected chi connectivity index (χ0v) is 14.5. The smallest absolute Gasteiger partial charge is 0.222 e. The Kier molecular flexibility index (Phi) is 9.11. The topological polar surface area (TPSA) is 46.3 Å². The first-order valence-corrected chi connectivity index (χ1v) is 8.24. The van der Waals surface area contributed by atoms with Crippen molar-refractivity contribution < 1.29 is 4.79 Å². The molecule has 0 saturated carbocycles. The van der Waals surface area contributed by atoms with Gasteiger partial charge in [0.15, 0.2) is 0 Å². The molecule has 2 N–H and O–H groups in total. The van der Waals surface area contributed by atoms with Crippen LogP contribution in [0.4, 0.5) is 0 Å². The van der Waals surface area contributed by atoms with Gasteiger partial charge in [-0.25, -0.2) is 0 Å². The molecule has 0 fully saturated rings. The summed E-state index contributed by atoms with van der Waals surface area (Å²) in [5, 5.41) is 0. The minimum absolute atomic E-state index is 0.230. The van der Waals surface area contributed by atoms with Gasteiger partial charge in [0, 0.05) is 19.5 Å². The van der Waals surface area contributed by atoms with Crippen LogP contribution in [0.5, 0.6) is 0 Å². The van der Waals surface area contributed by atoms with E-state index >= 15 is 0 Å². The quantitative estimate of drug-likeness (QED) is 0.702. The first kappa shape index (κ1) is 19.4. The number of carbonyl (C=O) groups excluding carboxylic acids is 1.